The van der Waals surface area contributed by atoms with Crippen LogP contribution in [-0.4, -0.2) is 50.0 Å². The minimum absolute atomic E-state index is 0.0164. The highest BCUT2D eigenvalue weighted by molar-refractivity contribution is 7.88. The van der Waals surface area contributed by atoms with Crippen LogP contribution in [0, 0.1) is 5.82 Å². The minimum atomic E-state index is -3.41. The lowest BCUT2D eigenvalue weighted by Crippen LogP contribution is -2.21. The van der Waals surface area contributed by atoms with Crippen LogP contribution in [0.5, 0.6) is 0 Å². The third kappa shape index (κ3) is 4.12. The van der Waals surface area contributed by atoms with Gasteiger partial charge in [-0.2, -0.15) is 10.2 Å². The van der Waals surface area contributed by atoms with E-state index >= 15 is 0 Å². The van der Waals surface area contributed by atoms with Gasteiger partial charge in [0.05, 0.1) is 35.6 Å². The molecule has 0 atom stereocenters. The molecule has 5 heterocycles. The second-order valence-corrected chi connectivity index (χ2v) is 10.3. The summed E-state index contributed by atoms with van der Waals surface area (Å²) in [4.78, 5) is 12.1. The van der Waals surface area contributed by atoms with E-state index in [9.17, 15) is 12.8 Å². The summed E-state index contributed by atoms with van der Waals surface area (Å²) in [6.07, 6.45) is 9.68. The summed E-state index contributed by atoms with van der Waals surface area (Å²) < 4.78 is 39.8. The third-order valence-electron chi connectivity index (χ3n) is 5.86. The average Bonchev–Trinajstić information content (AvgIpc) is 3.60. The van der Waals surface area contributed by atoms with Crippen molar-refractivity contribution in [1.29, 1.82) is 0 Å². The molecule has 12 heteroatoms. The van der Waals surface area contributed by atoms with Gasteiger partial charge in [0, 0.05) is 52.6 Å². The molecule has 0 amide bonds. The first kappa shape index (κ1) is 22.1. The molecule has 1 aromatic carbocycles. The maximum absolute atomic E-state index is 14.5. The van der Waals surface area contributed by atoms with Gasteiger partial charge in [0.1, 0.15) is 5.82 Å². The molecule has 0 radical (unpaired) electrons. The lowest BCUT2D eigenvalue weighted by Gasteiger charge is -2.08. The zero-order valence-corrected chi connectivity index (χ0v) is 19.7. The van der Waals surface area contributed by atoms with E-state index < -0.39 is 15.8 Å². The van der Waals surface area contributed by atoms with Gasteiger partial charge < -0.3 is 4.98 Å². The molecular formula is C24H19FN8O2S. The minimum Gasteiger partial charge on any atom is -0.352 e. The van der Waals surface area contributed by atoms with Gasteiger partial charge in [-0.1, -0.05) is 0 Å². The number of aromatic nitrogens is 7. The van der Waals surface area contributed by atoms with Gasteiger partial charge in [-0.05, 0) is 41.5 Å². The smallest absolute Gasteiger partial charge is 0.209 e. The Balaban J connectivity index is 1.44. The summed E-state index contributed by atoms with van der Waals surface area (Å²) in [5.41, 5.74) is 6.44. The Labute approximate surface area is 204 Å². The Morgan fingerprint density at radius 3 is 2.67 bits per heavy atom. The largest absolute Gasteiger partial charge is 0.352 e. The maximum Gasteiger partial charge on any atom is 0.209 e. The second kappa shape index (κ2) is 8.36. The van der Waals surface area contributed by atoms with Crippen molar-refractivity contribution in [3.05, 3.63) is 72.7 Å². The zero-order chi connectivity index (χ0) is 24.9. The van der Waals surface area contributed by atoms with E-state index in [1.54, 1.807) is 37.1 Å². The Morgan fingerprint density at radius 2 is 1.86 bits per heavy atom. The number of halogens is 1. The molecule has 0 aliphatic rings. The quantitative estimate of drug-likeness (QED) is 0.273. The van der Waals surface area contributed by atoms with Crippen molar-refractivity contribution >= 4 is 32.0 Å². The molecule has 0 unspecified atom stereocenters. The Bertz CT molecular complexity index is 1840. The molecule has 0 bridgehead atoms. The first-order valence-corrected chi connectivity index (χ1v) is 12.8. The molecule has 0 saturated carbocycles. The molecule has 0 fully saturated rings. The highest BCUT2D eigenvalue weighted by Gasteiger charge is 2.16. The summed E-state index contributed by atoms with van der Waals surface area (Å²) in [5, 5.41) is 15.9. The molecule has 36 heavy (non-hydrogen) atoms. The van der Waals surface area contributed by atoms with Crippen LogP contribution in [0.15, 0.2) is 61.3 Å². The van der Waals surface area contributed by atoms with Crippen LogP contribution in [0.1, 0.15) is 5.56 Å². The van der Waals surface area contributed by atoms with Crippen LogP contribution in [0.25, 0.3) is 55.6 Å². The van der Waals surface area contributed by atoms with Gasteiger partial charge in [-0.15, -0.1) is 0 Å². The van der Waals surface area contributed by atoms with E-state index in [4.69, 9.17) is 0 Å². The SMILES string of the molecule is CS(=O)(=O)NCc1cc(F)cc(-c2cncc3[nH]c(-c4[nH]nc5ncc(-c6cn[nH]c6)cc45)cc23)c1. The lowest BCUT2D eigenvalue weighted by molar-refractivity contribution is 0.586. The van der Waals surface area contributed by atoms with Gasteiger partial charge in [-0.25, -0.2) is 22.5 Å². The predicted octanol–water partition coefficient (Wildman–Crippen LogP) is 3.75. The average molecular weight is 503 g/mol. The standard InChI is InChI=1S/C24H19FN8O2S/c1-36(34,35)30-7-13-2-14(4-17(25)3-13)20-11-26-12-22-18(20)6-21(31-22)23-19-5-15(16-9-28-29-10-16)8-27-24(19)33-32-23/h2-6,8-12,30-31H,7H2,1H3,(H,28,29)(H,27,32,33). The summed E-state index contributed by atoms with van der Waals surface area (Å²) in [5.74, 6) is -0.469. The Hall–Kier alpha value is -4.42. The van der Waals surface area contributed by atoms with Crippen LogP contribution < -0.4 is 4.72 Å². The van der Waals surface area contributed by atoms with Crippen LogP contribution >= 0.6 is 0 Å². The normalized spacial score (nSPS) is 12.1. The van der Waals surface area contributed by atoms with Gasteiger partial charge in [0.2, 0.25) is 10.0 Å². The summed E-state index contributed by atoms with van der Waals surface area (Å²) in [7, 11) is -3.41. The first-order valence-electron chi connectivity index (χ1n) is 10.9. The fourth-order valence-electron chi connectivity index (χ4n) is 4.21. The number of benzene rings is 1. The van der Waals surface area contributed by atoms with Gasteiger partial charge >= 0.3 is 0 Å². The fraction of sp³-hybridized carbons (Fsp3) is 0.0833. The number of hydrogen-bond donors (Lipinski definition) is 4. The number of H-pyrrole nitrogens is 3. The molecule has 10 nitrogen and oxygen atoms in total. The molecule has 0 aliphatic carbocycles. The Morgan fingerprint density at radius 1 is 0.972 bits per heavy atom. The van der Waals surface area contributed by atoms with Crippen LogP contribution in [0.4, 0.5) is 4.39 Å². The zero-order valence-electron chi connectivity index (χ0n) is 18.9. The monoisotopic (exact) mass is 502 g/mol. The van der Waals surface area contributed by atoms with Gasteiger partial charge in [0.25, 0.3) is 0 Å². The van der Waals surface area contributed by atoms with Crippen molar-refractivity contribution in [3.63, 3.8) is 0 Å². The first-order chi connectivity index (χ1) is 17.3. The Kier molecular flexibility index (Phi) is 5.12. The van der Waals surface area contributed by atoms with E-state index in [1.165, 1.54) is 12.1 Å². The van der Waals surface area contributed by atoms with Crippen LogP contribution in [0.3, 0.4) is 0 Å². The molecule has 4 N–H and O–H groups in total. The number of rotatable bonds is 6. The number of aromatic amines is 3. The molecule has 5 aromatic heterocycles. The van der Waals surface area contributed by atoms with E-state index in [0.717, 1.165) is 45.1 Å². The highest BCUT2D eigenvalue weighted by atomic mass is 32.2. The van der Waals surface area contributed by atoms with Crippen molar-refractivity contribution < 1.29 is 12.8 Å². The third-order valence-corrected chi connectivity index (χ3v) is 6.53. The summed E-state index contributed by atoms with van der Waals surface area (Å²) >= 11 is 0. The topological polar surface area (TPSA) is 145 Å². The second-order valence-electron chi connectivity index (χ2n) is 8.45. The van der Waals surface area contributed by atoms with Crippen molar-refractivity contribution in [1.82, 2.24) is 40.1 Å². The predicted molar refractivity (Wildman–Crippen MR) is 134 cm³/mol. The van der Waals surface area contributed by atoms with E-state index in [1.807, 2.05) is 12.1 Å². The van der Waals surface area contributed by atoms with Crippen molar-refractivity contribution in [2.24, 2.45) is 0 Å². The molecule has 0 aliphatic heterocycles. The molecule has 6 rings (SSSR count). The van der Waals surface area contributed by atoms with E-state index in [0.29, 0.717) is 22.3 Å². The van der Waals surface area contributed by atoms with Crippen LogP contribution in [0.2, 0.25) is 0 Å². The number of nitrogens with one attached hydrogen (secondary N) is 4. The van der Waals surface area contributed by atoms with Crippen molar-refractivity contribution in [3.8, 4) is 33.6 Å². The molecular weight excluding hydrogens is 483 g/mol. The molecule has 0 saturated heterocycles. The molecule has 0 spiro atoms. The van der Waals surface area contributed by atoms with Gasteiger partial charge in [-0.3, -0.25) is 15.2 Å². The number of sulfonamides is 1. The number of fused-ring (bicyclic) bond motifs is 2. The highest BCUT2D eigenvalue weighted by Crippen LogP contribution is 2.34. The van der Waals surface area contributed by atoms with E-state index in [2.05, 4.69) is 40.1 Å². The fourth-order valence-corrected chi connectivity index (χ4v) is 4.64. The van der Waals surface area contributed by atoms with E-state index in [-0.39, 0.29) is 6.54 Å². The maximum atomic E-state index is 14.5. The van der Waals surface area contributed by atoms with Gasteiger partial charge in [0.15, 0.2) is 5.65 Å². The number of nitrogens with zero attached hydrogens (tertiary/aromatic N) is 4. The van der Waals surface area contributed by atoms with Crippen LogP contribution in [-0.2, 0) is 16.6 Å². The molecule has 180 valence electrons. The lowest BCUT2D eigenvalue weighted by atomic mass is 10.0. The summed E-state index contributed by atoms with van der Waals surface area (Å²) in [6, 6.07) is 8.39. The summed E-state index contributed by atoms with van der Waals surface area (Å²) in [6.45, 7) is -0.0164. The van der Waals surface area contributed by atoms with Crippen molar-refractivity contribution in [2.45, 2.75) is 6.54 Å². The number of hydrogen-bond acceptors (Lipinski definition) is 6. The number of pyridine rings is 2. The van der Waals surface area contributed by atoms with Crippen molar-refractivity contribution in [2.75, 3.05) is 6.26 Å². The molecule has 6 aromatic rings.